The molecule has 96 valence electrons. The van der Waals surface area contributed by atoms with Crippen LogP contribution in [0.15, 0.2) is 12.4 Å². The molecular formula is C9H14BrN3O3S. The molecule has 2 rings (SSSR count). The van der Waals surface area contributed by atoms with E-state index in [9.17, 15) is 8.42 Å². The van der Waals surface area contributed by atoms with Crippen LogP contribution in [-0.4, -0.2) is 35.6 Å². The highest BCUT2D eigenvalue weighted by Gasteiger charge is 2.17. The van der Waals surface area contributed by atoms with E-state index in [1.165, 1.54) is 6.20 Å². The van der Waals surface area contributed by atoms with Crippen LogP contribution in [0, 0.1) is 0 Å². The zero-order chi connectivity index (χ0) is 12.3. The highest BCUT2D eigenvalue weighted by Crippen LogP contribution is 2.15. The second-order valence-corrected chi connectivity index (χ2v) is 6.94. The quantitative estimate of drug-likeness (QED) is 0.825. The maximum absolute atomic E-state index is 11.3. The molecule has 1 aliphatic heterocycles. The summed E-state index contributed by atoms with van der Waals surface area (Å²) in [6.45, 7) is 1.46. The zero-order valence-electron chi connectivity index (χ0n) is 9.17. The van der Waals surface area contributed by atoms with E-state index in [0.717, 1.165) is 19.4 Å². The summed E-state index contributed by atoms with van der Waals surface area (Å²) in [6, 6.07) is 0. The lowest BCUT2D eigenvalue weighted by atomic mass is 10.2. The van der Waals surface area contributed by atoms with E-state index < -0.39 is 10.0 Å². The van der Waals surface area contributed by atoms with Gasteiger partial charge in [-0.25, -0.2) is 8.42 Å². The van der Waals surface area contributed by atoms with E-state index in [2.05, 4.69) is 25.8 Å². The van der Waals surface area contributed by atoms with E-state index >= 15 is 0 Å². The van der Waals surface area contributed by atoms with Crippen LogP contribution >= 0.6 is 15.9 Å². The number of aromatic nitrogens is 2. The average Bonchev–Trinajstić information content (AvgIpc) is 2.91. The van der Waals surface area contributed by atoms with Crippen LogP contribution in [0.25, 0.3) is 0 Å². The summed E-state index contributed by atoms with van der Waals surface area (Å²) >= 11 is 2.91. The molecule has 1 aliphatic rings. The van der Waals surface area contributed by atoms with Crippen molar-refractivity contribution in [1.82, 2.24) is 9.78 Å². The Hall–Kier alpha value is -0.600. The SMILES string of the molecule is O=S(=O)(CBr)Nc1cnn(CC2CCCO2)c1. The maximum Gasteiger partial charge on any atom is 0.242 e. The van der Waals surface area contributed by atoms with Gasteiger partial charge in [0.15, 0.2) is 0 Å². The van der Waals surface area contributed by atoms with Gasteiger partial charge in [-0.1, -0.05) is 15.9 Å². The number of hydrogen-bond donors (Lipinski definition) is 1. The lowest BCUT2D eigenvalue weighted by Crippen LogP contribution is -2.15. The van der Waals surface area contributed by atoms with Gasteiger partial charge in [0.1, 0.15) is 4.66 Å². The summed E-state index contributed by atoms with van der Waals surface area (Å²) in [5.74, 6) is 0. The number of halogens is 1. The highest BCUT2D eigenvalue weighted by molar-refractivity contribution is 9.10. The van der Waals surface area contributed by atoms with E-state index in [-0.39, 0.29) is 10.8 Å². The molecule has 0 aliphatic carbocycles. The summed E-state index contributed by atoms with van der Waals surface area (Å²) in [5, 5.41) is 4.09. The van der Waals surface area contributed by atoms with Crippen LogP contribution in [-0.2, 0) is 21.3 Å². The maximum atomic E-state index is 11.3. The number of anilines is 1. The standard InChI is InChI=1S/C9H14BrN3O3S/c10-7-17(14,15)12-8-4-11-13(5-8)6-9-2-1-3-16-9/h4-5,9,12H,1-3,6-7H2. The molecule has 1 atom stereocenters. The van der Waals surface area contributed by atoms with Gasteiger partial charge in [0, 0.05) is 12.8 Å². The largest absolute Gasteiger partial charge is 0.376 e. The van der Waals surface area contributed by atoms with Gasteiger partial charge in [0.25, 0.3) is 0 Å². The first-order valence-electron chi connectivity index (χ1n) is 5.29. The Bertz CT molecular complexity index is 468. The molecule has 1 aromatic rings. The van der Waals surface area contributed by atoms with Crippen molar-refractivity contribution in [1.29, 1.82) is 0 Å². The molecule has 0 aromatic carbocycles. The molecule has 0 amide bonds. The van der Waals surface area contributed by atoms with Crippen molar-refractivity contribution in [2.75, 3.05) is 16.0 Å². The molecule has 8 heteroatoms. The van der Waals surface area contributed by atoms with Crippen LogP contribution in [0.4, 0.5) is 5.69 Å². The monoisotopic (exact) mass is 323 g/mol. The van der Waals surface area contributed by atoms with E-state index in [1.807, 2.05) is 0 Å². The molecule has 0 spiro atoms. The van der Waals surface area contributed by atoms with Crippen molar-refractivity contribution >= 4 is 31.6 Å². The van der Waals surface area contributed by atoms with Crippen LogP contribution in [0.2, 0.25) is 0 Å². The molecule has 1 unspecified atom stereocenters. The topological polar surface area (TPSA) is 73.2 Å². The Morgan fingerprint density at radius 1 is 1.65 bits per heavy atom. The van der Waals surface area contributed by atoms with Crippen molar-refractivity contribution in [3.05, 3.63) is 12.4 Å². The summed E-state index contributed by atoms with van der Waals surface area (Å²) in [6.07, 6.45) is 5.46. The molecular weight excluding hydrogens is 310 g/mol. The van der Waals surface area contributed by atoms with E-state index in [1.54, 1.807) is 10.9 Å². The van der Waals surface area contributed by atoms with Crippen molar-refractivity contribution in [3.8, 4) is 0 Å². The summed E-state index contributed by atoms with van der Waals surface area (Å²) < 4.78 is 32.1. The van der Waals surface area contributed by atoms with Gasteiger partial charge >= 0.3 is 0 Å². The van der Waals surface area contributed by atoms with Crippen LogP contribution in [0.1, 0.15) is 12.8 Å². The lowest BCUT2D eigenvalue weighted by Gasteiger charge is -2.08. The summed E-state index contributed by atoms with van der Waals surface area (Å²) in [5.41, 5.74) is 0.474. The molecule has 1 N–H and O–H groups in total. The Balaban J connectivity index is 1.96. The molecule has 2 heterocycles. The van der Waals surface area contributed by atoms with Gasteiger partial charge in [-0.2, -0.15) is 5.10 Å². The van der Waals surface area contributed by atoms with Crippen molar-refractivity contribution in [2.24, 2.45) is 0 Å². The number of alkyl halides is 1. The molecule has 0 bridgehead atoms. The molecule has 1 aromatic heterocycles. The number of rotatable bonds is 5. The van der Waals surface area contributed by atoms with Gasteiger partial charge in [0.05, 0.1) is 24.5 Å². The fourth-order valence-electron chi connectivity index (χ4n) is 1.72. The lowest BCUT2D eigenvalue weighted by molar-refractivity contribution is 0.0940. The fraction of sp³-hybridized carbons (Fsp3) is 0.667. The molecule has 0 radical (unpaired) electrons. The van der Waals surface area contributed by atoms with Gasteiger partial charge in [-0.3, -0.25) is 9.40 Å². The third-order valence-corrected chi connectivity index (χ3v) is 5.11. The molecule has 1 fully saturated rings. The Labute approximate surface area is 109 Å². The Morgan fingerprint density at radius 2 is 2.47 bits per heavy atom. The smallest absolute Gasteiger partial charge is 0.242 e. The third kappa shape index (κ3) is 3.68. The first kappa shape index (κ1) is 12.8. The number of ether oxygens (including phenoxy) is 1. The Morgan fingerprint density at radius 3 is 3.12 bits per heavy atom. The van der Waals surface area contributed by atoms with E-state index in [0.29, 0.717) is 12.2 Å². The average molecular weight is 324 g/mol. The first-order valence-corrected chi connectivity index (χ1v) is 8.07. The second kappa shape index (κ2) is 5.36. The zero-order valence-corrected chi connectivity index (χ0v) is 11.6. The van der Waals surface area contributed by atoms with Crippen LogP contribution in [0.3, 0.4) is 0 Å². The Kier molecular flexibility index (Phi) is 4.05. The first-order chi connectivity index (χ1) is 8.09. The van der Waals surface area contributed by atoms with Gasteiger partial charge in [0.2, 0.25) is 10.0 Å². The molecule has 17 heavy (non-hydrogen) atoms. The van der Waals surface area contributed by atoms with E-state index in [4.69, 9.17) is 4.74 Å². The minimum absolute atomic E-state index is 0.128. The number of nitrogens with one attached hydrogen (secondary N) is 1. The van der Waals surface area contributed by atoms with Gasteiger partial charge in [-0.15, -0.1) is 0 Å². The summed E-state index contributed by atoms with van der Waals surface area (Å²) in [7, 11) is -3.30. The fourth-order valence-corrected chi connectivity index (χ4v) is 2.58. The third-order valence-electron chi connectivity index (χ3n) is 2.46. The predicted molar refractivity (Wildman–Crippen MR) is 67.5 cm³/mol. The van der Waals surface area contributed by atoms with Crippen molar-refractivity contribution in [3.63, 3.8) is 0 Å². The predicted octanol–water partition coefficient (Wildman–Crippen LogP) is 1.16. The number of hydrogen-bond acceptors (Lipinski definition) is 4. The van der Waals surface area contributed by atoms with Crippen molar-refractivity contribution in [2.45, 2.75) is 25.5 Å². The number of sulfonamides is 1. The number of nitrogens with zero attached hydrogens (tertiary/aromatic N) is 2. The van der Waals surface area contributed by atoms with Crippen LogP contribution in [0.5, 0.6) is 0 Å². The molecule has 1 saturated heterocycles. The minimum Gasteiger partial charge on any atom is -0.376 e. The molecule has 6 nitrogen and oxygen atoms in total. The second-order valence-electron chi connectivity index (χ2n) is 3.91. The summed E-state index contributed by atoms with van der Waals surface area (Å²) in [4.78, 5) is 0. The minimum atomic E-state index is -3.30. The normalized spacial score (nSPS) is 20.6. The molecule has 0 saturated carbocycles. The highest BCUT2D eigenvalue weighted by atomic mass is 79.9. The van der Waals surface area contributed by atoms with Crippen LogP contribution < -0.4 is 4.72 Å². The van der Waals surface area contributed by atoms with Gasteiger partial charge in [-0.05, 0) is 12.8 Å². The van der Waals surface area contributed by atoms with Gasteiger partial charge < -0.3 is 4.74 Å². The van der Waals surface area contributed by atoms with Crippen molar-refractivity contribution < 1.29 is 13.2 Å².